The van der Waals surface area contributed by atoms with Crippen molar-refractivity contribution in [3.8, 4) is 17.1 Å². The van der Waals surface area contributed by atoms with E-state index in [4.69, 9.17) is 26.1 Å². The van der Waals surface area contributed by atoms with Crippen molar-refractivity contribution in [2.45, 2.75) is 88.1 Å². The predicted octanol–water partition coefficient (Wildman–Crippen LogP) is 6.53. The van der Waals surface area contributed by atoms with Gasteiger partial charge in [0.05, 0.1) is 40.2 Å². The Kier molecular flexibility index (Phi) is 9.97. The van der Waals surface area contributed by atoms with Gasteiger partial charge in [0, 0.05) is 29.2 Å². The molecule has 0 unspecified atom stereocenters. The van der Waals surface area contributed by atoms with E-state index in [9.17, 15) is 13.2 Å². The molecule has 2 N–H and O–H groups in total. The van der Waals surface area contributed by atoms with Crippen molar-refractivity contribution >= 4 is 44.4 Å². The summed E-state index contributed by atoms with van der Waals surface area (Å²) in [6.07, 6.45) is 6.98. The van der Waals surface area contributed by atoms with Crippen molar-refractivity contribution in [3.63, 3.8) is 0 Å². The Balaban J connectivity index is 1.31. The number of rotatable bonds is 9. The fourth-order valence-corrected chi connectivity index (χ4v) is 7.34. The number of amides is 1. The summed E-state index contributed by atoms with van der Waals surface area (Å²) in [6, 6.07) is 10.5. The van der Waals surface area contributed by atoms with Gasteiger partial charge in [-0.05, 0) is 82.7 Å². The molecule has 0 aliphatic heterocycles. The number of carbonyl (C=O) groups excluding carboxylic acids is 1. The standard InChI is InChI=1S/C33H39ClN6O5S/c1-6-20-15-21(29-30(44-5)37-25(18-35-29)19-46(42,43)27-10-8-7-9-26(27)34)16-22-17-36-31(40-28(20)22)38-23-11-13-24(14-12-23)39-32(41)45-33(2,3)4/h7-10,15-18,23-24H,6,11-14,19H2,1-5H3,(H,39,41)(H,36,38,40). The SMILES string of the molecule is CCc1cc(-c2ncc(CS(=O)(=O)c3ccccc3Cl)nc2OC)cc2cnc(NC3CCC(NC(=O)OC(C)(C)C)CC3)nc12. The second-order valence-corrected chi connectivity index (χ2v) is 14.7. The van der Waals surface area contributed by atoms with Crippen molar-refractivity contribution in [3.05, 3.63) is 65.1 Å². The van der Waals surface area contributed by atoms with Gasteiger partial charge in [-0.25, -0.2) is 33.1 Å². The van der Waals surface area contributed by atoms with Gasteiger partial charge in [-0.15, -0.1) is 0 Å². The number of alkyl carbamates (subject to hydrolysis) is 1. The fraction of sp³-hybridized carbons (Fsp3) is 0.424. The van der Waals surface area contributed by atoms with E-state index < -0.39 is 15.4 Å². The third kappa shape index (κ3) is 8.03. The molecule has 46 heavy (non-hydrogen) atoms. The maximum Gasteiger partial charge on any atom is 0.407 e. The number of anilines is 1. The average molecular weight is 667 g/mol. The van der Waals surface area contributed by atoms with Crippen molar-refractivity contribution in [1.82, 2.24) is 25.3 Å². The van der Waals surface area contributed by atoms with Crippen LogP contribution < -0.4 is 15.4 Å². The molecule has 0 saturated heterocycles. The zero-order chi connectivity index (χ0) is 33.1. The van der Waals surface area contributed by atoms with E-state index in [1.165, 1.54) is 25.4 Å². The monoisotopic (exact) mass is 666 g/mol. The summed E-state index contributed by atoms with van der Waals surface area (Å²) < 4.78 is 37.0. The van der Waals surface area contributed by atoms with E-state index in [1.54, 1.807) is 18.3 Å². The molecule has 2 heterocycles. The van der Waals surface area contributed by atoms with E-state index >= 15 is 0 Å². The van der Waals surface area contributed by atoms with E-state index in [0.717, 1.165) is 47.7 Å². The summed E-state index contributed by atoms with van der Waals surface area (Å²) in [5.74, 6) is 0.397. The zero-order valence-electron chi connectivity index (χ0n) is 26.6. The van der Waals surface area contributed by atoms with Crippen LogP contribution >= 0.6 is 11.6 Å². The molecule has 0 radical (unpaired) electrons. The number of carbonyl (C=O) groups is 1. The van der Waals surface area contributed by atoms with Crippen LogP contribution in [0.2, 0.25) is 5.02 Å². The second kappa shape index (κ2) is 13.8. The van der Waals surface area contributed by atoms with Crippen molar-refractivity contribution in [2.24, 2.45) is 0 Å². The molecule has 0 spiro atoms. The largest absolute Gasteiger partial charge is 0.479 e. The van der Waals surface area contributed by atoms with Gasteiger partial charge in [0.1, 0.15) is 11.3 Å². The maximum atomic E-state index is 13.0. The number of methoxy groups -OCH3 is 1. The van der Waals surface area contributed by atoms with Crippen LogP contribution in [0.15, 0.2) is 53.7 Å². The van der Waals surface area contributed by atoms with Gasteiger partial charge in [0.15, 0.2) is 9.84 Å². The number of nitrogens with zero attached hydrogens (tertiary/aromatic N) is 4. The molecule has 1 aliphatic rings. The van der Waals surface area contributed by atoms with Gasteiger partial charge in [0.25, 0.3) is 0 Å². The number of nitrogens with one attached hydrogen (secondary N) is 2. The average Bonchev–Trinajstić information content (AvgIpc) is 3.00. The highest BCUT2D eigenvalue weighted by Gasteiger charge is 2.26. The molecule has 0 bridgehead atoms. The first-order valence-corrected chi connectivity index (χ1v) is 17.3. The van der Waals surface area contributed by atoms with Crippen LogP contribution in [-0.2, 0) is 26.7 Å². The summed E-state index contributed by atoms with van der Waals surface area (Å²) in [5.41, 5.74) is 2.79. The summed E-state index contributed by atoms with van der Waals surface area (Å²) in [6.45, 7) is 7.61. The minimum Gasteiger partial charge on any atom is -0.479 e. The first kappa shape index (κ1) is 33.3. The van der Waals surface area contributed by atoms with Gasteiger partial charge in [-0.2, -0.15) is 0 Å². The van der Waals surface area contributed by atoms with Crippen LogP contribution in [0, 0.1) is 0 Å². The maximum absolute atomic E-state index is 13.0. The third-order valence-corrected chi connectivity index (χ3v) is 9.83. The molecule has 1 saturated carbocycles. The third-order valence-electron chi connectivity index (χ3n) is 7.69. The molecule has 5 rings (SSSR count). The Morgan fingerprint density at radius 3 is 2.41 bits per heavy atom. The molecule has 1 fully saturated rings. The minimum atomic E-state index is -3.75. The van der Waals surface area contributed by atoms with Crippen molar-refractivity contribution in [2.75, 3.05) is 12.4 Å². The lowest BCUT2D eigenvalue weighted by Crippen LogP contribution is -2.42. The quantitative estimate of drug-likeness (QED) is 0.202. The molecular weight excluding hydrogens is 628 g/mol. The van der Waals surface area contributed by atoms with Gasteiger partial charge in [-0.1, -0.05) is 30.7 Å². The van der Waals surface area contributed by atoms with Crippen molar-refractivity contribution in [1.29, 1.82) is 0 Å². The number of hydrogen-bond donors (Lipinski definition) is 2. The Hall–Kier alpha value is -4.03. The summed E-state index contributed by atoms with van der Waals surface area (Å²) in [7, 11) is -2.27. The number of benzene rings is 2. The van der Waals surface area contributed by atoms with E-state index in [2.05, 4.69) is 32.5 Å². The van der Waals surface area contributed by atoms with Gasteiger partial charge >= 0.3 is 6.09 Å². The van der Waals surface area contributed by atoms with E-state index in [-0.39, 0.29) is 45.4 Å². The van der Waals surface area contributed by atoms with Gasteiger partial charge in [-0.3, -0.25) is 0 Å². The smallest absolute Gasteiger partial charge is 0.407 e. The normalized spacial score (nSPS) is 17.0. The Bertz CT molecular complexity index is 1840. The first-order chi connectivity index (χ1) is 21.8. The first-order valence-electron chi connectivity index (χ1n) is 15.3. The molecule has 2 aromatic heterocycles. The highest BCUT2D eigenvalue weighted by Crippen LogP contribution is 2.32. The molecule has 4 aromatic rings. The molecule has 244 valence electrons. The Morgan fingerprint density at radius 1 is 1.02 bits per heavy atom. The predicted molar refractivity (Wildman–Crippen MR) is 178 cm³/mol. The zero-order valence-corrected chi connectivity index (χ0v) is 28.2. The van der Waals surface area contributed by atoms with Crippen LogP contribution in [-0.4, -0.2) is 59.2 Å². The lowest BCUT2D eigenvalue weighted by Gasteiger charge is -2.30. The topological polar surface area (TPSA) is 145 Å². The van der Waals surface area contributed by atoms with E-state index in [1.807, 2.05) is 32.9 Å². The number of sulfone groups is 1. The number of aromatic nitrogens is 4. The molecule has 13 heteroatoms. The van der Waals surface area contributed by atoms with Gasteiger partial charge < -0.3 is 20.1 Å². The molecular formula is C33H39ClN6O5S. The second-order valence-electron chi connectivity index (χ2n) is 12.4. The summed E-state index contributed by atoms with van der Waals surface area (Å²) >= 11 is 6.14. The molecule has 1 aliphatic carbocycles. The van der Waals surface area contributed by atoms with Crippen LogP contribution in [0.4, 0.5) is 10.7 Å². The summed E-state index contributed by atoms with van der Waals surface area (Å²) in [4.78, 5) is 30.7. The van der Waals surface area contributed by atoms with Crippen molar-refractivity contribution < 1.29 is 22.7 Å². The number of aryl methyl sites for hydroxylation is 1. The highest BCUT2D eigenvalue weighted by molar-refractivity contribution is 7.90. The fourth-order valence-electron chi connectivity index (χ4n) is 5.52. The number of halogens is 1. The van der Waals surface area contributed by atoms with Crippen LogP contribution in [0.5, 0.6) is 5.88 Å². The van der Waals surface area contributed by atoms with Crippen LogP contribution in [0.3, 0.4) is 0 Å². The Morgan fingerprint density at radius 2 is 1.74 bits per heavy atom. The molecule has 11 nitrogen and oxygen atoms in total. The minimum absolute atomic E-state index is 0.0420. The van der Waals surface area contributed by atoms with Gasteiger partial charge in [0.2, 0.25) is 11.8 Å². The van der Waals surface area contributed by atoms with E-state index in [0.29, 0.717) is 18.1 Å². The highest BCUT2D eigenvalue weighted by atomic mass is 35.5. The molecule has 1 amide bonds. The molecule has 0 atom stereocenters. The lowest BCUT2D eigenvalue weighted by molar-refractivity contribution is 0.0492. The molecule has 2 aromatic carbocycles. The van der Waals surface area contributed by atoms with Crippen LogP contribution in [0.25, 0.3) is 22.2 Å². The number of ether oxygens (including phenoxy) is 2. The lowest BCUT2D eigenvalue weighted by atomic mass is 9.91. The van der Waals surface area contributed by atoms with Crippen LogP contribution in [0.1, 0.15) is 64.6 Å². The number of fused-ring (bicyclic) bond motifs is 1. The summed E-state index contributed by atoms with van der Waals surface area (Å²) in [5, 5.41) is 7.44. The Labute approximate surface area is 274 Å². The number of hydrogen-bond acceptors (Lipinski definition) is 10.